The highest BCUT2D eigenvalue weighted by Crippen LogP contribution is 2.36. The summed E-state index contributed by atoms with van der Waals surface area (Å²) in [5, 5.41) is 5.72. The Morgan fingerprint density at radius 3 is 2.46 bits per heavy atom. The highest BCUT2D eigenvalue weighted by Gasteiger charge is 2.27. The molecule has 1 atom stereocenters. The SMILES string of the molecule is CC(C)c1ccc([C@H]2CC(=O)c3c(ccc4ccccc34)N2)cc1. The number of hydrogen-bond donors (Lipinski definition) is 1. The molecule has 0 amide bonds. The Morgan fingerprint density at radius 1 is 0.958 bits per heavy atom. The molecule has 24 heavy (non-hydrogen) atoms. The van der Waals surface area contributed by atoms with Gasteiger partial charge >= 0.3 is 0 Å². The molecule has 1 heterocycles. The molecule has 0 radical (unpaired) electrons. The van der Waals surface area contributed by atoms with Crippen molar-refractivity contribution in [2.24, 2.45) is 0 Å². The molecule has 1 N–H and O–H groups in total. The summed E-state index contributed by atoms with van der Waals surface area (Å²) >= 11 is 0. The average molecular weight is 315 g/mol. The lowest BCUT2D eigenvalue weighted by atomic mass is 9.88. The van der Waals surface area contributed by atoms with Crippen LogP contribution in [-0.4, -0.2) is 5.78 Å². The van der Waals surface area contributed by atoms with E-state index in [0.717, 1.165) is 22.0 Å². The topological polar surface area (TPSA) is 29.1 Å². The summed E-state index contributed by atoms with van der Waals surface area (Å²) in [7, 11) is 0. The van der Waals surface area contributed by atoms with Gasteiger partial charge in [0.05, 0.1) is 6.04 Å². The van der Waals surface area contributed by atoms with Crippen LogP contribution in [0.25, 0.3) is 10.8 Å². The van der Waals surface area contributed by atoms with Crippen molar-refractivity contribution in [1.82, 2.24) is 0 Å². The van der Waals surface area contributed by atoms with E-state index < -0.39 is 0 Å². The summed E-state index contributed by atoms with van der Waals surface area (Å²) in [6.45, 7) is 4.39. The Kier molecular flexibility index (Phi) is 3.61. The predicted octanol–water partition coefficient (Wildman–Crippen LogP) is 5.70. The zero-order valence-corrected chi connectivity index (χ0v) is 14.0. The van der Waals surface area contributed by atoms with E-state index in [1.54, 1.807) is 0 Å². The molecular weight excluding hydrogens is 294 g/mol. The maximum Gasteiger partial charge on any atom is 0.167 e. The zero-order chi connectivity index (χ0) is 16.7. The maximum absolute atomic E-state index is 12.8. The van der Waals surface area contributed by atoms with Gasteiger partial charge in [0.2, 0.25) is 0 Å². The van der Waals surface area contributed by atoms with Crippen LogP contribution in [0.2, 0.25) is 0 Å². The summed E-state index contributed by atoms with van der Waals surface area (Å²) in [4.78, 5) is 12.8. The summed E-state index contributed by atoms with van der Waals surface area (Å²) in [6.07, 6.45) is 0.502. The van der Waals surface area contributed by atoms with E-state index in [9.17, 15) is 4.79 Å². The van der Waals surface area contributed by atoms with Crippen LogP contribution in [0.1, 0.15) is 53.7 Å². The van der Waals surface area contributed by atoms with E-state index in [1.165, 1.54) is 11.1 Å². The van der Waals surface area contributed by atoms with Crippen LogP contribution in [0, 0.1) is 0 Å². The smallest absolute Gasteiger partial charge is 0.167 e. The van der Waals surface area contributed by atoms with Crippen LogP contribution in [-0.2, 0) is 0 Å². The van der Waals surface area contributed by atoms with Crippen molar-refractivity contribution in [2.45, 2.75) is 32.2 Å². The Hall–Kier alpha value is -2.61. The number of hydrogen-bond acceptors (Lipinski definition) is 2. The number of fused-ring (bicyclic) bond motifs is 3. The van der Waals surface area contributed by atoms with E-state index in [0.29, 0.717) is 12.3 Å². The molecule has 2 nitrogen and oxygen atoms in total. The van der Waals surface area contributed by atoms with E-state index in [-0.39, 0.29) is 11.8 Å². The number of rotatable bonds is 2. The molecule has 0 saturated carbocycles. The van der Waals surface area contributed by atoms with Gasteiger partial charge < -0.3 is 5.32 Å². The van der Waals surface area contributed by atoms with Crippen molar-refractivity contribution in [3.05, 3.63) is 77.4 Å². The number of ketones is 1. The Morgan fingerprint density at radius 2 is 1.71 bits per heavy atom. The van der Waals surface area contributed by atoms with Gasteiger partial charge in [0.25, 0.3) is 0 Å². The molecule has 1 aliphatic heterocycles. The standard InChI is InChI=1S/C22H21NO/c1-14(2)15-7-9-17(10-8-15)20-13-21(24)22-18-6-4-3-5-16(18)11-12-19(22)23-20/h3-12,14,20,23H,13H2,1-2H3/t20-/m1/s1. The van der Waals surface area contributed by atoms with E-state index >= 15 is 0 Å². The number of carbonyl (C=O) groups is 1. The molecule has 0 spiro atoms. The molecule has 0 unspecified atom stereocenters. The van der Waals surface area contributed by atoms with Gasteiger partial charge in [-0.05, 0) is 33.9 Å². The van der Waals surface area contributed by atoms with Gasteiger partial charge in [0.15, 0.2) is 5.78 Å². The first-order valence-electron chi connectivity index (χ1n) is 8.55. The molecule has 120 valence electrons. The largest absolute Gasteiger partial charge is 0.377 e. The number of carbonyl (C=O) groups excluding carboxylic acids is 1. The molecule has 3 aromatic carbocycles. The molecule has 0 aromatic heterocycles. The molecule has 0 fully saturated rings. The zero-order valence-electron chi connectivity index (χ0n) is 14.0. The van der Waals surface area contributed by atoms with Gasteiger partial charge in [-0.2, -0.15) is 0 Å². The Balaban J connectivity index is 1.71. The maximum atomic E-state index is 12.8. The molecule has 4 rings (SSSR count). The van der Waals surface area contributed by atoms with Crippen LogP contribution in [0.5, 0.6) is 0 Å². The minimum atomic E-state index is 0.0485. The fourth-order valence-electron chi connectivity index (χ4n) is 3.53. The van der Waals surface area contributed by atoms with Crippen LogP contribution in [0.3, 0.4) is 0 Å². The number of nitrogens with one attached hydrogen (secondary N) is 1. The number of Topliss-reactive ketones (excluding diaryl/α,β-unsaturated/α-hetero) is 1. The Labute approximate surface area is 142 Å². The fourth-order valence-corrected chi connectivity index (χ4v) is 3.53. The van der Waals surface area contributed by atoms with Gasteiger partial charge in [0, 0.05) is 17.7 Å². The third-order valence-corrected chi connectivity index (χ3v) is 4.93. The second-order valence-corrected chi connectivity index (χ2v) is 6.85. The monoisotopic (exact) mass is 315 g/mol. The first kappa shape index (κ1) is 14.9. The van der Waals surface area contributed by atoms with Crippen molar-refractivity contribution >= 4 is 22.2 Å². The highest BCUT2D eigenvalue weighted by molar-refractivity contribution is 6.14. The van der Waals surface area contributed by atoms with Gasteiger partial charge in [-0.15, -0.1) is 0 Å². The number of benzene rings is 3. The predicted molar refractivity (Wildman–Crippen MR) is 99.8 cm³/mol. The lowest BCUT2D eigenvalue weighted by molar-refractivity contribution is 0.0974. The molecule has 0 aliphatic carbocycles. The van der Waals surface area contributed by atoms with Crippen molar-refractivity contribution in [3.63, 3.8) is 0 Å². The average Bonchev–Trinajstić information content (AvgIpc) is 2.61. The van der Waals surface area contributed by atoms with Crippen molar-refractivity contribution < 1.29 is 4.79 Å². The van der Waals surface area contributed by atoms with Crippen LogP contribution >= 0.6 is 0 Å². The summed E-state index contributed by atoms with van der Waals surface area (Å²) in [5.41, 5.74) is 4.28. The third kappa shape index (κ3) is 2.48. The van der Waals surface area contributed by atoms with Gasteiger partial charge in [-0.1, -0.05) is 68.4 Å². The molecule has 0 saturated heterocycles. The summed E-state index contributed by atoms with van der Waals surface area (Å²) < 4.78 is 0. The van der Waals surface area contributed by atoms with Gasteiger partial charge in [-0.3, -0.25) is 4.79 Å². The second kappa shape index (κ2) is 5.79. The van der Waals surface area contributed by atoms with Crippen LogP contribution in [0.4, 0.5) is 5.69 Å². The minimum Gasteiger partial charge on any atom is -0.377 e. The Bertz CT molecular complexity index is 909. The molecule has 2 heteroatoms. The third-order valence-electron chi connectivity index (χ3n) is 4.93. The first-order chi connectivity index (χ1) is 11.6. The van der Waals surface area contributed by atoms with Crippen molar-refractivity contribution in [3.8, 4) is 0 Å². The fraction of sp³-hybridized carbons (Fsp3) is 0.227. The van der Waals surface area contributed by atoms with E-state index in [1.807, 2.05) is 24.3 Å². The lowest BCUT2D eigenvalue weighted by Gasteiger charge is -2.27. The van der Waals surface area contributed by atoms with E-state index in [4.69, 9.17) is 0 Å². The van der Waals surface area contributed by atoms with Crippen LogP contribution < -0.4 is 5.32 Å². The molecular formula is C22H21NO. The second-order valence-electron chi connectivity index (χ2n) is 6.85. The highest BCUT2D eigenvalue weighted by atomic mass is 16.1. The minimum absolute atomic E-state index is 0.0485. The van der Waals surface area contributed by atoms with E-state index in [2.05, 4.69) is 55.6 Å². The normalized spacial score (nSPS) is 17.0. The molecule has 3 aromatic rings. The lowest BCUT2D eigenvalue weighted by Crippen LogP contribution is -2.23. The van der Waals surface area contributed by atoms with Gasteiger partial charge in [0.1, 0.15) is 0 Å². The quantitative estimate of drug-likeness (QED) is 0.657. The molecule has 1 aliphatic rings. The number of anilines is 1. The van der Waals surface area contributed by atoms with Crippen molar-refractivity contribution in [2.75, 3.05) is 5.32 Å². The summed E-state index contributed by atoms with van der Waals surface area (Å²) in [6, 6.07) is 20.9. The van der Waals surface area contributed by atoms with Crippen LogP contribution in [0.15, 0.2) is 60.7 Å². The van der Waals surface area contributed by atoms with Gasteiger partial charge in [-0.25, -0.2) is 0 Å². The summed E-state index contributed by atoms with van der Waals surface area (Å²) in [5.74, 6) is 0.741. The van der Waals surface area contributed by atoms with Crippen molar-refractivity contribution in [1.29, 1.82) is 0 Å². The molecule has 0 bridgehead atoms. The first-order valence-corrected chi connectivity index (χ1v) is 8.55.